The van der Waals surface area contributed by atoms with Crippen LogP contribution in [0.15, 0.2) is 18.2 Å². The molecule has 1 aromatic rings. The molecule has 0 spiro atoms. The summed E-state index contributed by atoms with van der Waals surface area (Å²) >= 11 is 0. The number of anilines is 1. The highest BCUT2D eigenvalue weighted by atomic mass is 16.6. The number of nitro benzene ring substituents is 1. The summed E-state index contributed by atoms with van der Waals surface area (Å²) in [7, 11) is 0. The molecule has 154 valence electrons. The van der Waals surface area contributed by atoms with E-state index in [9.17, 15) is 19.7 Å². The molecule has 0 saturated carbocycles. The van der Waals surface area contributed by atoms with Crippen molar-refractivity contribution in [2.45, 2.75) is 39.7 Å². The van der Waals surface area contributed by atoms with Gasteiger partial charge < -0.3 is 14.2 Å². The van der Waals surface area contributed by atoms with Gasteiger partial charge in [-0.15, -0.1) is 0 Å². The summed E-state index contributed by atoms with van der Waals surface area (Å²) in [6.07, 6.45) is 1.13. The summed E-state index contributed by atoms with van der Waals surface area (Å²) in [6.45, 7) is 6.36. The zero-order valence-corrected chi connectivity index (χ0v) is 16.4. The molecular formula is C19H26N2O7. The van der Waals surface area contributed by atoms with Gasteiger partial charge in [0.05, 0.1) is 23.3 Å². The number of non-ortho nitro benzene ring substituents is 1. The number of amides is 1. The van der Waals surface area contributed by atoms with Crippen LogP contribution in [0.25, 0.3) is 0 Å². The van der Waals surface area contributed by atoms with E-state index in [-0.39, 0.29) is 36.4 Å². The molecule has 1 aliphatic rings. The molecule has 28 heavy (non-hydrogen) atoms. The Kier molecular flexibility index (Phi) is 7.74. The first kappa shape index (κ1) is 21.6. The van der Waals surface area contributed by atoms with Crippen molar-refractivity contribution >= 4 is 23.3 Å². The molecule has 1 heterocycles. The number of esters is 1. The number of nitrogens with zero attached hydrogens (tertiary/aromatic N) is 2. The van der Waals surface area contributed by atoms with Crippen molar-refractivity contribution in [2.75, 3.05) is 31.3 Å². The zero-order chi connectivity index (χ0) is 20.7. The molecule has 0 bridgehead atoms. The van der Waals surface area contributed by atoms with Gasteiger partial charge in [-0.1, -0.05) is 27.2 Å². The lowest BCUT2D eigenvalue weighted by Crippen LogP contribution is -2.50. The first-order valence-corrected chi connectivity index (χ1v) is 9.35. The van der Waals surface area contributed by atoms with Crippen LogP contribution in [0.4, 0.5) is 11.4 Å². The lowest BCUT2D eigenvalue weighted by molar-refractivity contribution is -0.384. The van der Waals surface area contributed by atoms with Crippen molar-refractivity contribution in [3.63, 3.8) is 0 Å². The first-order valence-electron chi connectivity index (χ1n) is 9.35. The van der Waals surface area contributed by atoms with E-state index in [1.165, 1.54) is 23.1 Å². The van der Waals surface area contributed by atoms with Crippen LogP contribution in [0.3, 0.4) is 0 Å². The number of hydrogen-bond acceptors (Lipinski definition) is 7. The van der Waals surface area contributed by atoms with E-state index >= 15 is 0 Å². The maximum Gasteiger partial charge on any atom is 0.326 e. The van der Waals surface area contributed by atoms with Crippen molar-refractivity contribution in [3.8, 4) is 5.75 Å². The van der Waals surface area contributed by atoms with Gasteiger partial charge in [0.2, 0.25) is 0 Å². The third-order valence-corrected chi connectivity index (χ3v) is 4.23. The van der Waals surface area contributed by atoms with Crippen LogP contribution in [0.2, 0.25) is 0 Å². The predicted molar refractivity (Wildman–Crippen MR) is 101 cm³/mol. The molecule has 0 aromatic heterocycles. The predicted octanol–water partition coefficient (Wildman–Crippen LogP) is 2.70. The van der Waals surface area contributed by atoms with Gasteiger partial charge in [0, 0.05) is 12.7 Å². The van der Waals surface area contributed by atoms with Gasteiger partial charge in [0.15, 0.2) is 11.9 Å². The van der Waals surface area contributed by atoms with E-state index in [1.54, 1.807) is 13.8 Å². The number of nitro groups is 1. The number of carbonyl (C=O) groups is 2. The van der Waals surface area contributed by atoms with Crippen molar-refractivity contribution in [1.82, 2.24) is 0 Å². The number of hydrogen-bond donors (Lipinski definition) is 0. The molecule has 0 radical (unpaired) electrons. The van der Waals surface area contributed by atoms with Gasteiger partial charge >= 0.3 is 5.97 Å². The van der Waals surface area contributed by atoms with Gasteiger partial charge in [-0.3, -0.25) is 24.6 Å². The number of carbonyl (C=O) groups excluding carboxylic acids is 2. The van der Waals surface area contributed by atoms with Crippen molar-refractivity contribution < 1.29 is 28.7 Å². The second kappa shape index (κ2) is 10.0. The first-order chi connectivity index (χ1) is 13.3. The minimum Gasteiger partial charge on any atom is -0.478 e. The summed E-state index contributed by atoms with van der Waals surface area (Å²) in [5, 5.41) is 11.0. The van der Waals surface area contributed by atoms with Crippen LogP contribution in [-0.4, -0.2) is 49.3 Å². The topological polar surface area (TPSA) is 108 Å². The molecule has 1 atom stereocenters. The lowest BCUT2D eigenvalue weighted by atomic mass is 10.0. The zero-order valence-electron chi connectivity index (χ0n) is 16.4. The Labute approximate surface area is 163 Å². The Hall–Kier alpha value is -2.68. The van der Waals surface area contributed by atoms with E-state index in [4.69, 9.17) is 14.2 Å². The number of benzene rings is 1. The van der Waals surface area contributed by atoms with Gasteiger partial charge in [-0.25, -0.2) is 0 Å². The van der Waals surface area contributed by atoms with Crippen LogP contribution in [0, 0.1) is 16.0 Å². The lowest BCUT2D eigenvalue weighted by Gasteiger charge is -2.35. The molecule has 0 aliphatic carbocycles. The van der Waals surface area contributed by atoms with Gasteiger partial charge in [0.1, 0.15) is 13.2 Å². The van der Waals surface area contributed by atoms with Crippen molar-refractivity contribution in [3.05, 3.63) is 28.3 Å². The van der Waals surface area contributed by atoms with Crippen molar-refractivity contribution in [2.24, 2.45) is 5.92 Å². The largest absolute Gasteiger partial charge is 0.478 e. The van der Waals surface area contributed by atoms with Crippen LogP contribution in [0.5, 0.6) is 5.75 Å². The van der Waals surface area contributed by atoms with Crippen LogP contribution in [-0.2, 0) is 19.1 Å². The quantitative estimate of drug-likeness (QED) is 0.260. The highest BCUT2D eigenvalue weighted by Crippen LogP contribution is 2.38. The highest BCUT2D eigenvalue weighted by Gasteiger charge is 2.38. The maximum absolute atomic E-state index is 12.8. The molecule has 1 unspecified atom stereocenters. The maximum atomic E-state index is 12.8. The van der Waals surface area contributed by atoms with E-state index in [0.717, 1.165) is 12.8 Å². The highest BCUT2D eigenvalue weighted by molar-refractivity contribution is 6.03. The fourth-order valence-electron chi connectivity index (χ4n) is 2.72. The molecule has 0 N–H and O–H groups in total. The summed E-state index contributed by atoms with van der Waals surface area (Å²) < 4.78 is 16.2. The monoisotopic (exact) mass is 394 g/mol. The Morgan fingerprint density at radius 1 is 1.32 bits per heavy atom. The molecule has 9 heteroatoms. The molecule has 1 aliphatic heterocycles. The van der Waals surface area contributed by atoms with Gasteiger partial charge in [-0.2, -0.15) is 0 Å². The summed E-state index contributed by atoms with van der Waals surface area (Å²) in [4.78, 5) is 36.7. The van der Waals surface area contributed by atoms with Crippen molar-refractivity contribution in [1.29, 1.82) is 0 Å². The van der Waals surface area contributed by atoms with Crippen LogP contribution in [0.1, 0.15) is 33.6 Å². The third kappa shape index (κ3) is 5.41. The number of unbranched alkanes of at least 4 members (excludes halogenated alkanes) is 1. The summed E-state index contributed by atoms with van der Waals surface area (Å²) in [5.74, 6) is -0.942. The Morgan fingerprint density at radius 2 is 2.07 bits per heavy atom. The minimum atomic E-state index is -0.834. The number of rotatable bonds is 10. The van der Waals surface area contributed by atoms with E-state index in [1.807, 2.05) is 0 Å². The van der Waals surface area contributed by atoms with E-state index in [2.05, 4.69) is 6.92 Å². The van der Waals surface area contributed by atoms with E-state index < -0.39 is 17.0 Å². The van der Waals surface area contributed by atoms with Gasteiger partial charge in [-0.05, 0) is 18.4 Å². The summed E-state index contributed by atoms with van der Waals surface area (Å²) in [5.41, 5.74) is 0.158. The smallest absolute Gasteiger partial charge is 0.326 e. The molecular weight excluding hydrogens is 368 g/mol. The number of fused-ring (bicyclic) bond motifs is 1. The average molecular weight is 394 g/mol. The summed E-state index contributed by atoms with van der Waals surface area (Å²) in [6, 6.07) is 3.94. The molecule has 0 fully saturated rings. The Morgan fingerprint density at radius 3 is 2.71 bits per heavy atom. The van der Waals surface area contributed by atoms with Gasteiger partial charge in [0.25, 0.3) is 11.6 Å². The fraction of sp³-hybridized carbons (Fsp3) is 0.579. The minimum absolute atomic E-state index is 0.0990. The van der Waals surface area contributed by atoms with E-state index in [0.29, 0.717) is 18.9 Å². The molecule has 9 nitrogen and oxygen atoms in total. The molecule has 1 aromatic carbocycles. The molecule has 2 rings (SSSR count). The van der Waals surface area contributed by atoms with Crippen LogP contribution >= 0.6 is 0 Å². The molecule has 0 saturated heterocycles. The normalized spacial score (nSPS) is 15.9. The average Bonchev–Trinajstić information content (AvgIpc) is 2.65. The van der Waals surface area contributed by atoms with Crippen LogP contribution < -0.4 is 9.64 Å². The number of ether oxygens (including phenoxy) is 3. The molecule has 1 amide bonds. The standard InChI is InChI=1S/C19H26N2O7/c1-4-5-8-26-9-10-27-17(22)12-20-15-7-6-14(21(24)25)11-16(15)28-18(13(2)3)19(20)23/h6-7,11,13,18H,4-5,8-10,12H2,1-3H3. The SMILES string of the molecule is CCCCOCCOC(=O)CN1C(=O)C(C(C)C)Oc2cc([N+](=O)[O-])ccc21. The Bertz CT molecular complexity index is 720. The second-order valence-electron chi connectivity index (χ2n) is 6.80. The fourth-order valence-corrected chi connectivity index (χ4v) is 2.72. The Balaban J connectivity index is 2.08. The second-order valence-corrected chi connectivity index (χ2v) is 6.80. The third-order valence-electron chi connectivity index (χ3n) is 4.23.